The molecule has 0 unspecified atom stereocenters. The number of amides is 1. The van der Waals surface area contributed by atoms with Crippen molar-refractivity contribution in [3.8, 4) is 0 Å². The van der Waals surface area contributed by atoms with Crippen LogP contribution in [0, 0.1) is 13.8 Å². The Kier molecular flexibility index (Phi) is 6.97. The molecule has 1 atom stereocenters. The lowest BCUT2D eigenvalue weighted by Gasteiger charge is -2.15. The Bertz CT molecular complexity index is 1200. The van der Waals surface area contributed by atoms with E-state index in [2.05, 4.69) is 15.3 Å². The molecule has 0 bridgehead atoms. The van der Waals surface area contributed by atoms with Gasteiger partial charge in [0.1, 0.15) is 10.7 Å². The molecule has 31 heavy (non-hydrogen) atoms. The molecule has 2 aromatic carbocycles. The summed E-state index contributed by atoms with van der Waals surface area (Å²) >= 11 is 1.14. The summed E-state index contributed by atoms with van der Waals surface area (Å²) < 4.78 is 25.6. The minimum atomic E-state index is -3.82. The van der Waals surface area contributed by atoms with E-state index >= 15 is 0 Å². The average molecular weight is 457 g/mol. The molecule has 162 valence electrons. The first-order chi connectivity index (χ1) is 14.7. The maximum atomic E-state index is 12.8. The van der Waals surface area contributed by atoms with Crippen molar-refractivity contribution in [3.63, 3.8) is 0 Å². The van der Waals surface area contributed by atoms with Crippen LogP contribution in [0.1, 0.15) is 24.5 Å². The van der Waals surface area contributed by atoms with Gasteiger partial charge in [0.15, 0.2) is 5.16 Å². The van der Waals surface area contributed by atoms with E-state index in [1.807, 2.05) is 39.0 Å². The minimum absolute atomic E-state index is 0.116. The van der Waals surface area contributed by atoms with Crippen LogP contribution < -0.4 is 11.1 Å². The molecular weight excluding hydrogens is 432 g/mol. The Hall–Kier alpha value is -2.91. The van der Waals surface area contributed by atoms with E-state index in [0.717, 1.165) is 28.6 Å². The molecular formula is C22H24N4O3S2. The van der Waals surface area contributed by atoms with E-state index in [-0.39, 0.29) is 26.7 Å². The molecule has 0 saturated heterocycles. The largest absolute Gasteiger partial charge is 0.382 e. The fraction of sp³-hybridized carbons (Fsp3) is 0.227. The number of thioether (sulfide) groups is 1. The Labute approximate surface area is 186 Å². The summed E-state index contributed by atoms with van der Waals surface area (Å²) in [4.78, 5) is 21.0. The van der Waals surface area contributed by atoms with Gasteiger partial charge in [-0.15, -0.1) is 0 Å². The van der Waals surface area contributed by atoms with E-state index in [4.69, 9.17) is 5.73 Å². The lowest BCUT2D eigenvalue weighted by atomic mass is 10.1. The summed E-state index contributed by atoms with van der Waals surface area (Å²) in [6.07, 6.45) is 1.73. The molecule has 0 saturated carbocycles. The number of aryl methyl sites for hydroxylation is 2. The summed E-state index contributed by atoms with van der Waals surface area (Å²) in [5.41, 5.74) is 8.90. The molecule has 9 heteroatoms. The zero-order valence-corrected chi connectivity index (χ0v) is 19.1. The highest BCUT2D eigenvalue weighted by Crippen LogP contribution is 2.28. The van der Waals surface area contributed by atoms with Gasteiger partial charge in [-0.05, 0) is 55.7 Å². The smallest absolute Gasteiger partial charge is 0.237 e. The number of carbonyl (C=O) groups excluding carboxylic acids is 1. The Balaban J connectivity index is 1.77. The van der Waals surface area contributed by atoms with Crippen LogP contribution in [0.3, 0.4) is 0 Å². The van der Waals surface area contributed by atoms with Crippen LogP contribution in [0.5, 0.6) is 0 Å². The normalized spacial score (nSPS) is 12.4. The van der Waals surface area contributed by atoms with Crippen molar-refractivity contribution in [1.29, 1.82) is 0 Å². The molecule has 0 aliphatic heterocycles. The van der Waals surface area contributed by atoms with Crippen LogP contribution in [-0.2, 0) is 14.6 Å². The first-order valence-corrected chi connectivity index (χ1v) is 12.1. The van der Waals surface area contributed by atoms with Gasteiger partial charge in [0.25, 0.3) is 0 Å². The van der Waals surface area contributed by atoms with E-state index in [1.165, 1.54) is 18.3 Å². The molecule has 1 aromatic heterocycles. The zero-order valence-electron chi connectivity index (χ0n) is 17.5. The highest BCUT2D eigenvalue weighted by atomic mass is 32.2. The second-order valence-electron chi connectivity index (χ2n) is 7.02. The van der Waals surface area contributed by atoms with E-state index in [0.29, 0.717) is 6.42 Å². The van der Waals surface area contributed by atoms with Crippen LogP contribution in [0.25, 0.3) is 0 Å². The zero-order chi connectivity index (χ0) is 22.6. The lowest BCUT2D eigenvalue weighted by Crippen LogP contribution is -2.25. The molecule has 0 aliphatic rings. The number of aromatic nitrogens is 2. The second kappa shape index (κ2) is 9.49. The van der Waals surface area contributed by atoms with Crippen molar-refractivity contribution in [1.82, 2.24) is 9.97 Å². The van der Waals surface area contributed by atoms with E-state index < -0.39 is 15.1 Å². The van der Waals surface area contributed by atoms with Gasteiger partial charge in [-0.1, -0.05) is 43.0 Å². The highest BCUT2D eigenvalue weighted by molar-refractivity contribution is 8.00. The molecule has 0 aliphatic carbocycles. The summed E-state index contributed by atoms with van der Waals surface area (Å²) in [5.74, 6) is -0.329. The number of nitrogens with one attached hydrogen (secondary N) is 1. The van der Waals surface area contributed by atoms with E-state index in [9.17, 15) is 13.2 Å². The van der Waals surface area contributed by atoms with Crippen LogP contribution in [-0.4, -0.2) is 29.5 Å². The van der Waals surface area contributed by atoms with Crippen molar-refractivity contribution in [2.45, 2.75) is 47.4 Å². The summed E-state index contributed by atoms with van der Waals surface area (Å²) in [5, 5.41) is 2.69. The summed E-state index contributed by atoms with van der Waals surface area (Å²) in [6, 6.07) is 13.7. The van der Waals surface area contributed by atoms with Crippen molar-refractivity contribution in [3.05, 3.63) is 65.9 Å². The first kappa shape index (κ1) is 22.8. The van der Waals surface area contributed by atoms with Crippen molar-refractivity contribution >= 4 is 39.0 Å². The third-order valence-corrected chi connectivity index (χ3v) is 7.81. The molecule has 1 amide bonds. The number of nitrogens with zero attached hydrogens (tertiary/aromatic N) is 2. The number of carbonyl (C=O) groups is 1. The summed E-state index contributed by atoms with van der Waals surface area (Å²) in [7, 11) is -3.82. The number of anilines is 2. The SMILES string of the molecule is CC[C@@H](Sc1ncc(S(=O)(=O)c2ccccc2)c(N)n1)C(=O)Nc1ccc(C)c(C)c1. The van der Waals surface area contributed by atoms with Crippen LogP contribution in [0.4, 0.5) is 11.5 Å². The van der Waals surface area contributed by atoms with Gasteiger partial charge in [-0.25, -0.2) is 18.4 Å². The fourth-order valence-electron chi connectivity index (χ4n) is 2.85. The maximum absolute atomic E-state index is 12.8. The maximum Gasteiger partial charge on any atom is 0.237 e. The van der Waals surface area contributed by atoms with Gasteiger partial charge < -0.3 is 11.1 Å². The summed E-state index contributed by atoms with van der Waals surface area (Å²) in [6.45, 7) is 5.88. The Morgan fingerprint density at radius 1 is 1.13 bits per heavy atom. The highest BCUT2D eigenvalue weighted by Gasteiger charge is 2.24. The average Bonchev–Trinajstić information content (AvgIpc) is 2.75. The number of nitrogen functional groups attached to an aromatic ring is 1. The Morgan fingerprint density at radius 2 is 1.84 bits per heavy atom. The van der Waals surface area contributed by atoms with Crippen molar-refractivity contribution in [2.75, 3.05) is 11.1 Å². The van der Waals surface area contributed by atoms with Crippen molar-refractivity contribution < 1.29 is 13.2 Å². The fourth-order valence-corrected chi connectivity index (χ4v) is 4.98. The molecule has 7 nitrogen and oxygen atoms in total. The number of hydrogen-bond donors (Lipinski definition) is 2. The van der Waals surface area contributed by atoms with Crippen LogP contribution in [0.2, 0.25) is 0 Å². The predicted octanol–water partition coefficient (Wildman–Crippen LogP) is 4.02. The topological polar surface area (TPSA) is 115 Å². The third kappa shape index (κ3) is 5.23. The number of hydrogen-bond acceptors (Lipinski definition) is 7. The minimum Gasteiger partial charge on any atom is -0.382 e. The molecule has 3 rings (SSSR count). The van der Waals surface area contributed by atoms with Crippen LogP contribution >= 0.6 is 11.8 Å². The second-order valence-corrected chi connectivity index (χ2v) is 10.1. The molecule has 0 fully saturated rings. The monoisotopic (exact) mass is 456 g/mol. The van der Waals surface area contributed by atoms with Gasteiger partial charge in [-0.3, -0.25) is 4.79 Å². The number of nitrogens with two attached hydrogens (primary N) is 1. The molecule has 0 spiro atoms. The number of benzene rings is 2. The van der Waals surface area contributed by atoms with E-state index in [1.54, 1.807) is 18.2 Å². The standard InChI is InChI=1S/C22H24N4O3S2/c1-4-18(21(27)25-16-11-10-14(2)15(3)12-16)30-22-24-13-19(20(23)26-22)31(28,29)17-8-6-5-7-9-17/h5-13,18H,4H2,1-3H3,(H,25,27)(H2,23,24,26)/t18-/m1/s1. The quantitative estimate of drug-likeness (QED) is 0.407. The van der Waals surface area contributed by atoms with Gasteiger partial charge in [0, 0.05) is 5.69 Å². The molecule has 3 N–H and O–H groups in total. The van der Waals surface area contributed by atoms with Crippen LogP contribution in [0.15, 0.2) is 69.7 Å². The number of sulfone groups is 1. The predicted molar refractivity (Wildman–Crippen MR) is 123 cm³/mol. The lowest BCUT2D eigenvalue weighted by molar-refractivity contribution is -0.115. The first-order valence-electron chi connectivity index (χ1n) is 9.69. The van der Waals surface area contributed by atoms with Crippen molar-refractivity contribution in [2.24, 2.45) is 0 Å². The molecule has 1 heterocycles. The number of rotatable bonds is 7. The van der Waals surface area contributed by atoms with Gasteiger partial charge in [-0.2, -0.15) is 0 Å². The van der Waals surface area contributed by atoms with Gasteiger partial charge >= 0.3 is 0 Å². The third-order valence-electron chi connectivity index (χ3n) is 4.79. The van der Waals surface area contributed by atoms with Gasteiger partial charge in [0.2, 0.25) is 15.7 Å². The Morgan fingerprint density at radius 3 is 2.45 bits per heavy atom. The van der Waals surface area contributed by atoms with Gasteiger partial charge in [0.05, 0.1) is 16.3 Å². The molecule has 3 aromatic rings. The molecule has 0 radical (unpaired) electrons.